The number of anilines is 2. The van der Waals surface area contributed by atoms with Gasteiger partial charge in [0.15, 0.2) is 5.75 Å². The quantitative estimate of drug-likeness (QED) is 0.854. The van der Waals surface area contributed by atoms with Crippen LogP contribution in [0.4, 0.5) is 24.5 Å². The lowest BCUT2D eigenvalue weighted by Gasteiger charge is -2.12. The first-order valence-electron chi connectivity index (χ1n) is 5.72. The number of carbonyl (C=O) groups excluding carboxylic acids is 1. The topological polar surface area (TPSA) is 77.2 Å². The lowest BCUT2D eigenvalue weighted by Crippen LogP contribution is -2.18. The number of aromatic nitrogens is 1. The van der Waals surface area contributed by atoms with E-state index in [2.05, 4.69) is 15.0 Å². The normalized spacial score (nSPS) is 11.0. The first kappa shape index (κ1) is 14.6. The van der Waals surface area contributed by atoms with Crippen LogP contribution in [0.1, 0.15) is 10.4 Å². The van der Waals surface area contributed by atoms with Crippen LogP contribution in [0.5, 0.6) is 5.75 Å². The summed E-state index contributed by atoms with van der Waals surface area (Å²) in [6, 6.07) is 6.52. The highest BCUT2D eigenvalue weighted by Crippen LogP contribution is 2.29. The third-order valence-electron chi connectivity index (χ3n) is 2.42. The van der Waals surface area contributed by atoms with Crippen molar-refractivity contribution in [1.82, 2.24) is 4.98 Å². The molecule has 5 nitrogen and oxygen atoms in total. The van der Waals surface area contributed by atoms with Crippen molar-refractivity contribution < 1.29 is 22.7 Å². The number of alkyl halides is 3. The smallest absolute Gasteiger partial charge is 0.404 e. The Hall–Kier alpha value is -2.77. The summed E-state index contributed by atoms with van der Waals surface area (Å²) in [5.41, 5.74) is 5.71. The molecule has 8 heteroatoms. The molecule has 21 heavy (non-hydrogen) atoms. The van der Waals surface area contributed by atoms with Crippen LogP contribution in [-0.2, 0) is 0 Å². The maximum atomic E-state index is 12.1. The number of benzene rings is 1. The van der Waals surface area contributed by atoms with Crippen molar-refractivity contribution in [2.24, 2.45) is 0 Å². The van der Waals surface area contributed by atoms with Gasteiger partial charge in [0.2, 0.25) is 0 Å². The molecule has 0 atom stereocenters. The van der Waals surface area contributed by atoms with Gasteiger partial charge in [-0.15, -0.1) is 13.2 Å². The maximum absolute atomic E-state index is 12.1. The predicted molar refractivity (Wildman–Crippen MR) is 69.7 cm³/mol. The third kappa shape index (κ3) is 4.10. The Kier molecular flexibility index (Phi) is 3.97. The number of amides is 1. The second-order valence-corrected chi connectivity index (χ2v) is 4.00. The standard InChI is InChI=1S/C13H10F3N3O2/c14-13(15,16)21-11-4-3-8(6-10(11)17)12(20)19-9-2-1-5-18-7-9/h1-7H,17H2,(H,19,20). The first-order chi connectivity index (χ1) is 9.85. The van der Waals surface area contributed by atoms with Crippen LogP contribution in [0.25, 0.3) is 0 Å². The molecule has 1 aromatic heterocycles. The van der Waals surface area contributed by atoms with Gasteiger partial charge in [-0.1, -0.05) is 0 Å². The summed E-state index contributed by atoms with van der Waals surface area (Å²) in [6.45, 7) is 0. The summed E-state index contributed by atoms with van der Waals surface area (Å²) in [6.07, 6.45) is -1.87. The van der Waals surface area contributed by atoms with E-state index in [9.17, 15) is 18.0 Å². The average Bonchev–Trinajstić information content (AvgIpc) is 2.40. The summed E-state index contributed by atoms with van der Waals surface area (Å²) >= 11 is 0. The Morgan fingerprint density at radius 1 is 1.29 bits per heavy atom. The number of ether oxygens (including phenoxy) is 1. The highest BCUT2D eigenvalue weighted by atomic mass is 19.4. The van der Waals surface area contributed by atoms with Crippen molar-refractivity contribution in [2.75, 3.05) is 11.1 Å². The molecule has 3 N–H and O–H groups in total. The number of hydrogen-bond acceptors (Lipinski definition) is 4. The first-order valence-corrected chi connectivity index (χ1v) is 5.72. The molecule has 2 rings (SSSR count). The van der Waals surface area contributed by atoms with E-state index in [0.29, 0.717) is 5.69 Å². The molecule has 0 aliphatic carbocycles. The van der Waals surface area contributed by atoms with Gasteiger partial charge in [-0.25, -0.2) is 0 Å². The molecule has 1 heterocycles. The van der Waals surface area contributed by atoms with Crippen LogP contribution in [0.3, 0.4) is 0 Å². The Balaban J connectivity index is 2.14. The van der Waals surface area contributed by atoms with Crippen molar-refractivity contribution >= 4 is 17.3 Å². The molecular formula is C13H10F3N3O2. The van der Waals surface area contributed by atoms with E-state index in [4.69, 9.17) is 5.73 Å². The van der Waals surface area contributed by atoms with Gasteiger partial charge in [-0.05, 0) is 30.3 Å². The number of rotatable bonds is 3. The van der Waals surface area contributed by atoms with E-state index >= 15 is 0 Å². The number of nitrogens with two attached hydrogens (primary N) is 1. The van der Waals surface area contributed by atoms with E-state index in [-0.39, 0.29) is 11.3 Å². The van der Waals surface area contributed by atoms with Gasteiger partial charge in [-0.2, -0.15) is 0 Å². The lowest BCUT2D eigenvalue weighted by atomic mass is 10.1. The van der Waals surface area contributed by atoms with Crippen LogP contribution in [0.2, 0.25) is 0 Å². The highest BCUT2D eigenvalue weighted by molar-refractivity contribution is 6.04. The van der Waals surface area contributed by atoms with Crippen molar-refractivity contribution in [3.8, 4) is 5.75 Å². The second kappa shape index (κ2) is 5.70. The van der Waals surface area contributed by atoms with Crippen molar-refractivity contribution in [3.05, 3.63) is 48.3 Å². The van der Waals surface area contributed by atoms with Gasteiger partial charge in [0.25, 0.3) is 5.91 Å². The predicted octanol–water partition coefficient (Wildman–Crippen LogP) is 2.81. The molecular weight excluding hydrogens is 287 g/mol. The molecule has 0 radical (unpaired) electrons. The summed E-state index contributed by atoms with van der Waals surface area (Å²) < 4.78 is 40.0. The summed E-state index contributed by atoms with van der Waals surface area (Å²) in [7, 11) is 0. The van der Waals surface area contributed by atoms with Crippen LogP contribution < -0.4 is 15.8 Å². The summed E-state index contributed by atoms with van der Waals surface area (Å²) in [4.78, 5) is 15.7. The zero-order chi connectivity index (χ0) is 15.5. The molecule has 1 aromatic carbocycles. The molecule has 0 saturated heterocycles. The molecule has 0 bridgehead atoms. The molecule has 1 amide bonds. The number of halogens is 3. The van der Waals surface area contributed by atoms with E-state index < -0.39 is 18.0 Å². The molecule has 0 fully saturated rings. The Bertz CT molecular complexity index is 645. The van der Waals surface area contributed by atoms with Crippen LogP contribution in [0.15, 0.2) is 42.7 Å². The van der Waals surface area contributed by atoms with Crippen molar-refractivity contribution in [2.45, 2.75) is 6.36 Å². The number of nitrogens with zero attached hydrogens (tertiary/aromatic N) is 1. The van der Waals surface area contributed by atoms with Gasteiger partial charge in [0.05, 0.1) is 17.6 Å². The average molecular weight is 297 g/mol. The Morgan fingerprint density at radius 2 is 2.05 bits per heavy atom. The molecule has 0 spiro atoms. The van der Waals surface area contributed by atoms with Crippen LogP contribution in [-0.4, -0.2) is 17.3 Å². The van der Waals surface area contributed by atoms with Gasteiger partial charge < -0.3 is 15.8 Å². The minimum Gasteiger partial charge on any atom is -0.404 e. The van der Waals surface area contributed by atoms with E-state index in [1.54, 1.807) is 12.1 Å². The fourth-order valence-electron chi connectivity index (χ4n) is 1.55. The highest BCUT2D eigenvalue weighted by Gasteiger charge is 2.32. The van der Waals surface area contributed by atoms with Gasteiger partial charge in [-0.3, -0.25) is 9.78 Å². The number of pyridine rings is 1. The SMILES string of the molecule is Nc1cc(C(=O)Nc2cccnc2)ccc1OC(F)(F)F. The van der Waals surface area contributed by atoms with E-state index in [1.807, 2.05) is 0 Å². The summed E-state index contributed by atoms with van der Waals surface area (Å²) in [5.74, 6) is -1.08. The van der Waals surface area contributed by atoms with Crippen molar-refractivity contribution in [1.29, 1.82) is 0 Å². The second-order valence-electron chi connectivity index (χ2n) is 4.00. The molecule has 0 aliphatic rings. The monoisotopic (exact) mass is 297 g/mol. The van der Waals surface area contributed by atoms with Crippen LogP contribution in [0, 0.1) is 0 Å². The minimum absolute atomic E-state index is 0.103. The van der Waals surface area contributed by atoms with Gasteiger partial charge >= 0.3 is 6.36 Å². The molecule has 110 valence electrons. The molecule has 0 aliphatic heterocycles. The molecule has 0 unspecified atom stereocenters. The largest absolute Gasteiger partial charge is 0.573 e. The number of nitrogens with one attached hydrogen (secondary N) is 1. The van der Waals surface area contributed by atoms with E-state index in [0.717, 1.165) is 12.1 Å². The fraction of sp³-hybridized carbons (Fsp3) is 0.0769. The number of hydrogen-bond donors (Lipinski definition) is 2. The zero-order valence-electron chi connectivity index (χ0n) is 10.5. The van der Waals surface area contributed by atoms with Crippen molar-refractivity contribution in [3.63, 3.8) is 0 Å². The van der Waals surface area contributed by atoms with Gasteiger partial charge in [0.1, 0.15) is 0 Å². The minimum atomic E-state index is -4.84. The van der Waals surface area contributed by atoms with Crippen LogP contribution >= 0.6 is 0 Å². The molecule has 0 saturated carbocycles. The third-order valence-corrected chi connectivity index (χ3v) is 2.42. The summed E-state index contributed by atoms with van der Waals surface area (Å²) in [5, 5.41) is 2.53. The number of nitrogen functional groups attached to an aromatic ring is 1. The zero-order valence-corrected chi connectivity index (χ0v) is 10.5. The van der Waals surface area contributed by atoms with Gasteiger partial charge in [0, 0.05) is 11.8 Å². The number of carbonyl (C=O) groups is 1. The Labute approximate surface area is 117 Å². The maximum Gasteiger partial charge on any atom is 0.573 e. The Morgan fingerprint density at radius 3 is 2.62 bits per heavy atom. The van der Waals surface area contributed by atoms with E-state index in [1.165, 1.54) is 18.5 Å². The molecule has 2 aromatic rings. The fourth-order valence-corrected chi connectivity index (χ4v) is 1.55. The lowest BCUT2D eigenvalue weighted by molar-refractivity contribution is -0.274.